The quantitative estimate of drug-likeness (QED) is 0.102. The summed E-state index contributed by atoms with van der Waals surface area (Å²) in [5.41, 5.74) is 0. The molecular weight excluding hydrogens is 432 g/mol. The zero-order valence-corrected chi connectivity index (χ0v) is 19.2. The lowest BCUT2D eigenvalue weighted by atomic mass is 10.6. The van der Waals surface area contributed by atoms with Crippen molar-refractivity contribution in [1.82, 2.24) is 0 Å². The van der Waals surface area contributed by atoms with Gasteiger partial charge in [0.2, 0.25) is 0 Å². The minimum atomic E-state index is -1.07. The molecule has 0 heterocycles. The van der Waals surface area contributed by atoms with Crippen LogP contribution in [-0.4, -0.2) is 132 Å². The Hall–Kier alpha value is -1.38. The average molecular weight is 471 g/mol. The number of methoxy groups -OCH3 is 2. The number of carbonyl (C=O) groups is 2. The van der Waals surface area contributed by atoms with E-state index >= 15 is 0 Å². The lowest BCUT2D eigenvalue weighted by molar-refractivity contribution is -0.169. The van der Waals surface area contributed by atoms with Crippen LogP contribution in [0.2, 0.25) is 0 Å². The highest BCUT2D eigenvalue weighted by Crippen LogP contribution is 1.89. The number of ether oxygens (including phenoxy) is 10. The molecule has 0 fully saturated rings. The molecule has 190 valence electrons. The molecule has 0 aromatic carbocycles. The summed E-state index contributed by atoms with van der Waals surface area (Å²) >= 11 is 0. The first-order chi connectivity index (χ1) is 15.7. The monoisotopic (exact) mass is 470 g/mol. The van der Waals surface area contributed by atoms with Gasteiger partial charge < -0.3 is 47.4 Å². The minimum Gasteiger partial charge on any atom is -0.455 e. The highest BCUT2D eigenvalue weighted by atomic mass is 16.6. The normalized spacial score (nSPS) is 10.9. The number of hydrogen-bond acceptors (Lipinski definition) is 12. The van der Waals surface area contributed by atoms with Gasteiger partial charge in [-0.3, -0.25) is 0 Å². The largest absolute Gasteiger partial charge is 0.455 e. The third-order valence-electron chi connectivity index (χ3n) is 3.44. The topological polar surface area (TPSA) is 126 Å². The Labute approximate surface area is 189 Å². The zero-order chi connectivity index (χ0) is 23.5. The van der Waals surface area contributed by atoms with Crippen molar-refractivity contribution >= 4 is 11.9 Å². The lowest BCUT2D eigenvalue weighted by Gasteiger charge is -2.08. The summed E-state index contributed by atoms with van der Waals surface area (Å²) in [6.45, 7) is 5.63. The van der Waals surface area contributed by atoms with Crippen molar-refractivity contribution in [1.29, 1.82) is 0 Å². The fourth-order valence-electron chi connectivity index (χ4n) is 1.87. The third kappa shape index (κ3) is 23.3. The molecule has 0 aromatic heterocycles. The van der Waals surface area contributed by atoms with Gasteiger partial charge in [-0.1, -0.05) is 0 Å². The highest BCUT2D eigenvalue weighted by Gasteiger charge is 2.16. The maximum Gasteiger partial charge on any atom is 0.417 e. The van der Waals surface area contributed by atoms with E-state index in [-0.39, 0.29) is 26.4 Å². The van der Waals surface area contributed by atoms with Crippen molar-refractivity contribution in [2.24, 2.45) is 0 Å². The van der Waals surface area contributed by atoms with Crippen molar-refractivity contribution < 1.29 is 57.0 Å². The number of rotatable bonds is 24. The fraction of sp³-hybridized carbons (Fsp3) is 0.900. The molecule has 0 N–H and O–H groups in total. The van der Waals surface area contributed by atoms with Crippen LogP contribution in [0.1, 0.15) is 0 Å². The molecule has 0 aromatic rings. The lowest BCUT2D eigenvalue weighted by Crippen LogP contribution is -2.24. The predicted molar refractivity (Wildman–Crippen MR) is 111 cm³/mol. The van der Waals surface area contributed by atoms with E-state index in [1.54, 1.807) is 14.2 Å². The van der Waals surface area contributed by atoms with Crippen LogP contribution >= 0.6 is 0 Å². The molecule has 0 bridgehead atoms. The van der Waals surface area contributed by atoms with E-state index in [2.05, 4.69) is 0 Å². The molecule has 12 nitrogen and oxygen atoms in total. The first-order valence-corrected chi connectivity index (χ1v) is 10.5. The van der Waals surface area contributed by atoms with Gasteiger partial charge in [0.05, 0.1) is 92.5 Å². The second-order valence-corrected chi connectivity index (χ2v) is 5.93. The summed E-state index contributed by atoms with van der Waals surface area (Å²) in [4.78, 5) is 23.0. The van der Waals surface area contributed by atoms with Crippen LogP contribution in [0.3, 0.4) is 0 Å². The van der Waals surface area contributed by atoms with E-state index in [1.165, 1.54) is 0 Å². The van der Waals surface area contributed by atoms with Crippen LogP contribution in [0.15, 0.2) is 0 Å². The van der Waals surface area contributed by atoms with Crippen LogP contribution in [0, 0.1) is 0 Å². The summed E-state index contributed by atoms with van der Waals surface area (Å²) < 4.78 is 50.7. The Morgan fingerprint density at radius 1 is 0.375 bits per heavy atom. The number of esters is 2. The highest BCUT2D eigenvalue weighted by molar-refractivity contribution is 6.29. The van der Waals surface area contributed by atoms with Crippen molar-refractivity contribution in [3.63, 3.8) is 0 Å². The van der Waals surface area contributed by atoms with Gasteiger partial charge in [-0.15, -0.1) is 0 Å². The second-order valence-electron chi connectivity index (χ2n) is 5.93. The van der Waals surface area contributed by atoms with Gasteiger partial charge in [-0.2, -0.15) is 0 Å². The Kier molecular flexibility index (Phi) is 24.8. The number of carbonyl (C=O) groups excluding carboxylic acids is 2. The molecule has 0 saturated carbocycles. The van der Waals surface area contributed by atoms with Gasteiger partial charge in [0.25, 0.3) is 0 Å². The van der Waals surface area contributed by atoms with E-state index in [0.717, 1.165) is 0 Å². The van der Waals surface area contributed by atoms with Gasteiger partial charge in [0.15, 0.2) is 0 Å². The molecule has 0 aliphatic carbocycles. The maximum atomic E-state index is 11.5. The Morgan fingerprint density at radius 3 is 0.844 bits per heavy atom. The minimum absolute atomic E-state index is 0.0584. The van der Waals surface area contributed by atoms with E-state index in [0.29, 0.717) is 79.3 Å². The van der Waals surface area contributed by atoms with E-state index < -0.39 is 11.9 Å². The smallest absolute Gasteiger partial charge is 0.417 e. The van der Waals surface area contributed by atoms with Crippen molar-refractivity contribution in [2.75, 3.05) is 120 Å². The van der Waals surface area contributed by atoms with E-state index in [4.69, 9.17) is 47.4 Å². The van der Waals surface area contributed by atoms with Crippen molar-refractivity contribution in [3.8, 4) is 0 Å². The maximum absolute atomic E-state index is 11.5. The van der Waals surface area contributed by atoms with E-state index in [1.807, 2.05) is 0 Å². The van der Waals surface area contributed by atoms with Gasteiger partial charge in [0, 0.05) is 14.2 Å². The Morgan fingerprint density at radius 2 is 0.594 bits per heavy atom. The van der Waals surface area contributed by atoms with Crippen LogP contribution in [0.25, 0.3) is 0 Å². The fourth-order valence-corrected chi connectivity index (χ4v) is 1.87. The SMILES string of the molecule is COCCOCCOCCOCCOC(=O)C(=O)OCCOCCOCCOCCOC. The molecule has 0 spiro atoms. The molecule has 12 heteroatoms. The molecule has 0 rings (SSSR count). The summed E-state index contributed by atoms with van der Waals surface area (Å²) in [6.07, 6.45) is 0. The first kappa shape index (κ1) is 30.6. The molecule has 0 radical (unpaired) electrons. The van der Waals surface area contributed by atoms with Crippen LogP contribution in [0.5, 0.6) is 0 Å². The summed E-state index contributed by atoms with van der Waals surface area (Å²) in [7, 11) is 3.22. The summed E-state index contributed by atoms with van der Waals surface area (Å²) in [5, 5.41) is 0. The molecule has 32 heavy (non-hydrogen) atoms. The Balaban J connectivity index is 3.30. The number of hydrogen-bond donors (Lipinski definition) is 0. The molecule has 0 amide bonds. The Bertz CT molecular complexity index is 383. The predicted octanol–water partition coefficient (Wildman–Crippen LogP) is -0.535. The molecule has 0 aliphatic rings. The van der Waals surface area contributed by atoms with Crippen LogP contribution < -0.4 is 0 Å². The first-order valence-electron chi connectivity index (χ1n) is 10.5. The van der Waals surface area contributed by atoms with Crippen LogP contribution in [0.4, 0.5) is 0 Å². The second kappa shape index (κ2) is 25.9. The van der Waals surface area contributed by atoms with E-state index in [9.17, 15) is 9.59 Å². The zero-order valence-electron chi connectivity index (χ0n) is 19.2. The van der Waals surface area contributed by atoms with Gasteiger partial charge in [-0.25, -0.2) is 9.59 Å². The molecule has 0 aliphatic heterocycles. The third-order valence-corrected chi connectivity index (χ3v) is 3.44. The van der Waals surface area contributed by atoms with Gasteiger partial charge >= 0.3 is 11.9 Å². The molecule has 0 atom stereocenters. The summed E-state index contributed by atoms with van der Waals surface area (Å²) in [5.74, 6) is -2.15. The summed E-state index contributed by atoms with van der Waals surface area (Å²) in [6, 6.07) is 0. The van der Waals surface area contributed by atoms with Gasteiger partial charge in [-0.05, 0) is 0 Å². The van der Waals surface area contributed by atoms with Crippen molar-refractivity contribution in [2.45, 2.75) is 0 Å². The van der Waals surface area contributed by atoms with Crippen LogP contribution in [-0.2, 0) is 57.0 Å². The van der Waals surface area contributed by atoms with Gasteiger partial charge in [0.1, 0.15) is 13.2 Å². The van der Waals surface area contributed by atoms with Crippen molar-refractivity contribution in [3.05, 3.63) is 0 Å². The standard InChI is InChI=1S/C20H38O12/c1-23-3-5-25-7-9-27-11-13-29-15-17-31-19(21)20(22)32-18-16-30-14-12-28-10-8-26-6-4-24-2/h3-18H2,1-2H3. The average Bonchev–Trinajstić information content (AvgIpc) is 2.80. The molecule has 0 unspecified atom stereocenters. The molecular formula is C20H38O12. The molecule has 0 saturated heterocycles.